The fourth-order valence-corrected chi connectivity index (χ4v) is 3.17. The van der Waals surface area contributed by atoms with E-state index < -0.39 is 21.9 Å². The Balaban J connectivity index is 3.01. The van der Waals surface area contributed by atoms with Crippen LogP contribution in [0.4, 0.5) is 0 Å². The van der Waals surface area contributed by atoms with E-state index in [1.54, 1.807) is 25.1 Å². The van der Waals surface area contributed by atoms with E-state index >= 15 is 0 Å². The Labute approximate surface area is 119 Å². The van der Waals surface area contributed by atoms with Crippen LogP contribution in [0.5, 0.6) is 5.75 Å². The van der Waals surface area contributed by atoms with Crippen molar-refractivity contribution < 1.29 is 22.7 Å². The number of rotatable bonds is 6. The normalized spacial score (nSPS) is 13.1. The highest BCUT2D eigenvalue weighted by Gasteiger charge is 2.27. The van der Waals surface area contributed by atoms with Crippen LogP contribution in [0.25, 0.3) is 0 Å². The molecule has 1 rings (SSSR count). The van der Waals surface area contributed by atoms with Crippen molar-refractivity contribution in [2.45, 2.75) is 11.8 Å². The first-order valence-corrected chi connectivity index (χ1v) is 7.45. The number of carbonyl (C=O) groups excluding carboxylic acids is 1. The third kappa shape index (κ3) is 3.49. The first-order valence-electron chi connectivity index (χ1n) is 6.01. The van der Waals surface area contributed by atoms with Gasteiger partial charge in [-0.05, 0) is 12.1 Å². The molecule has 0 unspecified atom stereocenters. The van der Waals surface area contributed by atoms with Gasteiger partial charge in [-0.2, -0.15) is 4.31 Å². The van der Waals surface area contributed by atoms with Crippen LogP contribution >= 0.6 is 0 Å². The summed E-state index contributed by atoms with van der Waals surface area (Å²) in [7, 11) is 0.379. The summed E-state index contributed by atoms with van der Waals surface area (Å²) in [6.45, 7) is 1.65. The van der Waals surface area contributed by atoms with E-state index in [1.165, 1.54) is 27.3 Å². The van der Waals surface area contributed by atoms with Crippen LogP contribution in [-0.4, -0.2) is 46.5 Å². The van der Waals surface area contributed by atoms with Crippen molar-refractivity contribution >= 4 is 16.0 Å². The number of hydrogen-bond donors (Lipinski definition) is 0. The molecule has 7 heteroatoms. The van der Waals surface area contributed by atoms with Crippen LogP contribution in [0.2, 0.25) is 0 Å². The highest BCUT2D eigenvalue weighted by molar-refractivity contribution is 7.89. The molecule has 112 valence electrons. The van der Waals surface area contributed by atoms with E-state index in [2.05, 4.69) is 4.74 Å². The smallest absolute Gasteiger partial charge is 0.309 e. The Morgan fingerprint density at radius 1 is 1.30 bits per heavy atom. The predicted octanol–water partition coefficient (Wildman–Crippen LogP) is 1.12. The summed E-state index contributed by atoms with van der Waals surface area (Å²) < 4.78 is 35.7. The summed E-state index contributed by atoms with van der Waals surface area (Å²) in [6.07, 6.45) is 0. The van der Waals surface area contributed by atoms with Gasteiger partial charge in [0.1, 0.15) is 10.6 Å². The van der Waals surface area contributed by atoms with E-state index in [4.69, 9.17) is 4.74 Å². The van der Waals surface area contributed by atoms with Crippen molar-refractivity contribution in [2.24, 2.45) is 5.92 Å². The van der Waals surface area contributed by atoms with Crippen LogP contribution < -0.4 is 4.74 Å². The highest BCUT2D eigenvalue weighted by Crippen LogP contribution is 2.25. The second-order valence-electron chi connectivity index (χ2n) is 4.36. The average molecular weight is 301 g/mol. The lowest BCUT2D eigenvalue weighted by Gasteiger charge is -2.21. The van der Waals surface area contributed by atoms with Crippen molar-refractivity contribution in [3.05, 3.63) is 24.3 Å². The molecule has 0 aliphatic heterocycles. The summed E-state index contributed by atoms with van der Waals surface area (Å²) in [6, 6.07) is 6.35. The molecule has 0 amide bonds. The number of esters is 1. The molecular weight excluding hydrogens is 282 g/mol. The highest BCUT2D eigenvalue weighted by atomic mass is 32.2. The van der Waals surface area contributed by atoms with Gasteiger partial charge in [0.05, 0.1) is 20.1 Å². The Bertz CT molecular complexity index is 570. The van der Waals surface area contributed by atoms with Gasteiger partial charge in [0.15, 0.2) is 0 Å². The lowest BCUT2D eigenvalue weighted by atomic mass is 10.2. The van der Waals surface area contributed by atoms with Gasteiger partial charge in [0.25, 0.3) is 0 Å². The minimum Gasteiger partial charge on any atom is -0.495 e. The van der Waals surface area contributed by atoms with E-state index in [0.717, 1.165) is 4.31 Å². The van der Waals surface area contributed by atoms with Gasteiger partial charge in [-0.15, -0.1) is 0 Å². The molecule has 0 saturated heterocycles. The van der Waals surface area contributed by atoms with Crippen LogP contribution in [0.3, 0.4) is 0 Å². The number of para-hydroxylation sites is 1. The van der Waals surface area contributed by atoms with Crippen molar-refractivity contribution in [1.82, 2.24) is 4.31 Å². The molecule has 0 aliphatic carbocycles. The summed E-state index contributed by atoms with van der Waals surface area (Å²) >= 11 is 0. The van der Waals surface area contributed by atoms with Gasteiger partial charge < -0.3 is 9.47 Å². The van der Waals surface area contributed by atoms with Gasteiger partial charge in [-0.3, -0.25) is 4.79 Å². The maximum absolute atomic E-state index is 12.5. The SMILES string of the molecule is COC(=O)[C@@H](C)CN(C)S(=O)(=O)c1ccccc1OC. The summed E-state index contributed by atoms with van der Waals surface area (Å²) in [5, 5.41) is 0. The Kier molecular flexibility index (Phi) is 5.52. The molecule has 0 radical (unpaired) electrons. The van der Waals surface area contributed by atoms with Gasteiger partial charge >= 0.3 is 5.97 Å². The average Bonchev–Trinajstić information content (AvgIpc) is 2.45. The number of methoxy groups -OCH3 is 2. The molecule has 1 atom stereocenters. The first kappa shape index (κ1) is 16.5. The molecule has 0 saturated carbocycles. The number of benzene rings is 1. The van der Waals surface area contributed by atoms with Crippen molar-refractivity contribution in [3.8, 4) is 5.75 Å². The number of nitrogens with zero attached hydrogens (tertiary/aromatic N) is 1. The number of hydrogen-bond acceptors (Lipinski definition) is 5. The van der Waals surface area contributed by atoms with E-state index in [1.807, 2.05) is 0 Å². The fraction of sp³-hybridized carbons (Fsp3) is 0.462. The number of ether oxygens (including phenoxy) is 2. The largest absolute Gasteiger partial charge is 0.495 e. The lowest BCUT2D eigenvalue weighted by Crippen LogP contribution is -2.34. The number of carbonyl (C=O) groups is 1. The predicted molar refractivity (Wildman–Crippen MR) is 74.0 cm³/mol. The zero-order valence-corrected chi connectivity index (χ0v) is 12.8. The molecule has 0 bridgehead atoms. The minimum atomic E-state index is -3.72. The standard InChI is InChI=1S/C13H19NO5S/c1-10(13(15)19-4)9-14(2)20(16,17)12-8-6-5-7-11(12)18-3/h5-8,10H,9H2,1-4H3/t10-/m0/s1. The zero-order valence-electron chi connectivity index (χ0n) is 12.0. The number of sulfonamides is 1. The van der Waals surface area contributed by atoms with Crippen molar-refractivity contribution in [1.29, 1.82) is 0 Å². The van der Waals surface area contributed by atoms with Gasteiger partial charge in [0.2, 0.25) is 10.0 Å². The van der Waals surface area contributed by atoms with Gasteiger partial charge in [0, 0.05) is 13.6 Å². The molecule has 1 aromatic rings. The zero-order chi connectivity index (χ0) is 15.3. The summed E-state index contributed by atoms with van der Waals surface area (Å²) in [4.78, 5) is 11.4. The van der Waals surface area contributed by atoms with Crippen LogP contribution in [0.15, 0.2) is 29.2 Å². The molecule has 0 spiro atoms. The third-order valence-corrected chi connectivity index (χ3v) is 4.75. The molecule has 6 nitrogen and oxygen atoms in total. The molecular formula is C13H19NO5S. The molecule has 0 N–H and O–H groups in total. The quantitative estimate of drug-likeness (QED) is 0.736. The second-order valence-corrected chi connectivity index (χ2v) is 6.37. The minimum absolute atomic E-state index is 0.0348. The van der Waals surface area contributed by atoms with Crippen molar-refractivity contribution in [2.75, 3.05) is 27.8 Å². The lowest BCUT2D eigenvalue weighted by molar-refractivity contribution is -0.144. The molecule has 0 heterocycles. The topological polar surface area (TPSA) is 72.9 Å². The first-order chi connectivity index (χ1) is 9.34. The second kappa shape index (κ2) is 6.71. The van der Waals surface area contributed by atoms with Crippen LogP contribution in [0, 0.1) is 5.92 Å². The van der Waals surface area contributed by atoms with Gasteiger partial charge in [-0.1, -0.05) is 19.1 Å². The maximum atomic E-state index is 12.5. The maximum Gasteiger partial charge on any atom is 0.309 e. The third-order valence-electron chi connectivity index (χ3n) is 2.89. The van der Waals surface area contributed by atoms with E-state index in [9.17, 15) is 13.2 Å². The molecule has 0 fully saturated rings. The van der Waals surface area contributed by atoms with E-state index in [0.29, 0.717) is 0 Å². The fourth-order valence-electron chi connectivity index (χ4n) is 1.76. The van der Waals surface area contributed by atoms with Crippen molar-refractivity contribution in [3.63, 3.8) is 0 Å². The van der Waals surface area contributed by atoms with Gasteiger partial charge in [-0.25, -0.2) is 8.42 Å². The van der Waals surface area contributed by atoms with Crippen LogP contribution in [-0.2, 0) is 19.6 Å². The molecule has 0 aromatic heterocycles. The molecule has 20 heavy (non-hydrogen) atoms. The Hall–Kier alpha value is -1.60. The summed E-state index contributed by atoms with van der Waals surface area (Å²) in [5.41, 5.74) is 0. The summed E-state index contributed by atoms with van der Waals surface area (Å²) in [5.74, 6) is -0.730. The van der Waals surface area contributed by atoms with E-state index in [-0.39, 0.29) is 17.2 Å². The Morgan fingerprint density at radius 2 is 1.90 bits per heavy atom. The monoisotopic (exact) mass is 301 g/mol. The molecule has 0 aliphatic rings. The Morgan fingerprint density at radius 3 is 2.45 bits per heavy atom. The van der Waals surface area contributed by atoms with Crippen LogP contribution in [0.1, 0.15) is 6.92 Å². The molecule has 1 aromatic carbocycles.